The highest BCUT2D eigenvalue weighted by Gasteiger charge is 2.24. The first-order valence-electron chi connectivity index (χ1n) is 3.95. The summed E-state index contributed by atoms with van der Waals surface area (Å²) in [6.45, 7) is 1.20. The normalized spacial score (nSPS) is 12.1. The van der Waals surface area contributed by atoms with Gasteiger partial charge < -0.3 is 0 Å². The number of halogens is 1. The lowest BCUT2D eigenvalue weighted by Crippen LogP contribution is -2.25. The highest BCUT2D eigenvalue weighted by Crippen LogP contribution is 2.07. The van der Waals surface area contributed by atoms with Gasteiger partial charge >= 0.3 is 0 Å². The topological polar surface area (TPSA) is 60.2 Å². The number of rotatable bonds is 3. The summed E-state index contributed by atoms with van der Waals surface area (Å²) in [6.07, 6.45) is 0. The second kappa shape index (κ2) is 3.95. The number of carbonyl (C=O) groups is 1. The van der Waals surface area contributed by atoms with E-state index >= 15 is 0 Å². The summed E-state index contributed by atoms with van der Waals surface area (Å²) in [5, 5.41) is 10.3. The molecular formula is C9H8FNO3. The van der Waals surface area contributed by atoms with Crippen LogP contribution in [0.25, 0.3) is 0 Å². The van der Waals surface area contributed by atoms with Gasteiger partial charge in [0.15, 0.2) is 0 Å². The van der Waals surface area contributed by atoms with Crippen LogP contribution < -0.4 is 0 Å². The van der Waals surface area contributed by atoms with E-state index in [-0.39, 0.29) is 5.56 Å². The van der Waals surface area contributed by atoms with Crippen molar-refractivity contribution in [3.63, 3.8) is 0 Å². The van der Waals surface area contributed by atoms with Crippen LogP contribution in [0, 0.1) is 15.9 Å². The standard InChI is InChI=1S/C9H8FNO3/c1-6(11(13)14)9(12)7-2-4-8(10)5-3-7/h2-6H,1H3. The largest absolute Gasteiger partial charge is 0.286 e. The van der Waals surface area contributed by atoms with Gasteiger partial charge in [-0.2, -0.15) is 0 Å². The van der Waals surface area contributed by atoms with Gasteiger partial charge in [0.05, 0.1) is 0 Å². The zero-order chi connectivity index (χ0) is 10.7. The molecule has 0 saturated heterocycles. The molecule has 0 fully saturated rings. The van der Waals surface area contributed by atoms with Crippen molar-refractivity contribution in [2.75, 3.05) is 0 Å². The van der Waals surface area contributed by atoms with Gasteiger partial charge in [-0.1, -0.05) is 0 Å². The molecule has 0 aliphatic rings. The first kappa shape index (κ1) is 10.3. The van der Waals surface area contributed by atoms with Gasteiger partial charge in [-0.3, -0.25) is 14.9 Å². The fraction of sp³-hybridized carbons (Fsp3) is 0.222. The summed E-state index contributed by atoms with van der Waals surface area (Å²) in [5.41, 5.74) is 0.149. The first-order valence-corrected chi connectivity index (χ1v) is 3.95. The molecule has 1 atom stereocenters. The van der Waals surface area contributed by atoms with Gasteiger partial charge in [0.1, 0.15) is 5.82 Å². The van der Waals surface area contributed by atoms with E-state index in [2.05, 4.69) is 0 Å². The number of hydrogen-bond donors (Lipinski definition) is 0. The molecule has 74 valence electrons. The van der Waals surface area contributed by atoms with Crippen molar-refractivity contribution in [1.29, 1.82) is 0 Å². The summed E-state index contributed by atoms with van der Waals surface area (Å²) in [6, 6.07) is 3.37. The number of nitro groups is 1. The molecule has 0 N–H and O–H groups in total. The number of Topliss-reactive ketones (excluding diaryl/α,β-unsaturated/α-hetero) is 1. The van der Waals surface area contributed by atoms with Crippen LogP contribution in [0.1, 0.15) is 17.3 Å². The fourth-order valence-corrected chi connectivity index (χ4v) is 0.951. The quantitative estimate of drug-likeness (QED) is 0.420. The van der Waals surface area contributed by atoms with E-state index in [1.54, 1.807) is 0 Å². The van der Waals surface area contributed by atoms with Gasteiger partial charge in [-0.15, -0.1) is 0 Å². The highest BCUT2D eigenvalue weighted by atomic mass is 19.1. The summed E-state index contributed by atoms with van der Waals surface area (Å²) in [4.78, 5) is 21.0. The number of benzene rings is 1. The number of nitrogens with zero attached hydrogens (tertiary/aromatic N) is 1. The number of hydrogen-bond acceptors (Lipinski definition) is 3. The van der Waals surface area contributed by atoms with Gasteiger partial charge in [0.2, 0.25) is 5.78 Å². The Bertz CT molecular complexity index is 361. The van der Waals surface area contributed by atoms with Gasteiger partial charge in [0.25, 0.3) is 6.04 Å². The molecule has 0 radical (unpaired) electrons. The van der Waals surface area contributed by atoms with E-state index in [4.69, 9.17) is 0 Å². The van der Waals surface area contributed by atoms with E-state index in [1.165, 1.54) is 19.1 Å². The summed E-state index contributed by atoms with van der Waals surface area (Å²) >= 11 is 0. The molecule has 14 heavy (non-hydrogen) atoms. The molecule has 0 spiro atoms. The average molecular weight is 197 g/mol. The Morgan fingerprint density at radius 1 is 1.43 bits per heavy atom. The molecule has 1 unspecified atom stereocenters. The van der Waals surface area contributed by atoms with Crippen LogP contribution in [-0.4, -0.2) is 16.7 Å². The highest BCUT2D eigenvalue weighted by molar-refractivity contribution is 5.98. The van der Waals surface area contributed by atoms with Gasteiger partial charge in [-0.05, 0) is 24.3 Å². The maximum atomic E-state index is 12.5. The van der Waals surface area contributed by atoms with Crippen molar-refractivity contribution < 1.29 is 14.1 Å². The van der Waals surface area contributed by atoms with E-state index in [0.29, 0.717) is 0 Å². The molecule has 0 aliphatic heterocycles. The molecule has 1 rings (SSSR count). The third-order valence-electron chi connectivity index (χ3n) is 1.82. The zero-order valence-electron chi connectivity index (χ0n) is 7.44. The fourth-order valence-electron chi connectivity index (χ4n) is 0.951. The third kappa shape index (κ3) is 2.12. The van der Waals surface area contributed by atoms with E-state index in [1.807, 2.05) is 0 Å². The smallest absolute Gasteiger partial charge is 0.272 e. The Hall–Kier alpha value is -1.78. The first-order chi connectivity index (χ1) is 6.52. The molecule has 0 aromatic heterocycles. The Kier molecular flexibility index (Phi) is 2.91. The molecule has 0 heterocycles. The summed E-state index contributed by atoms with van der Waals surface area (Å²) in [7, 11) is 0. The van der Waals surface area contributed by atoms with E-state index in [0.717, 1.165) is 12.1 Å². The molecule has 4 nitrogen and oxygen atoms in total. The lowest BCUT2D eigenvalue weighted by atomic mass is 10.1. The van der Waals surface area contributed by atoms with Crippen molar-refractivity contribution >= 4 is 5.78 Å². The van der Waals surface area contributed by atoms with E-state index < -0.39 is 22.6 Å². The van der Waals surface area contributed by atoms with Crippen LogP contribution in [0.15, 0.2) is 24.3 Å². The van der Waals surface area contributed by atoms with Crippen molar-refractivity contribution in [2.45, 2.75) is 13.0 Å². The maximum absolute atomic E-state index is 12.5. The Balaban J connectivity index is 2.90. The van der Waals surface area contributed by atoms with Gasteiger partial charge in [-0.25, -0.2) is 4.39 Å². The Morgan fingerprint density at radius 3 is 2.36 bits per heavy atom. The second-order valence-corrected chi connectivity index (χ2v) is 2.83. The lowest BCUT2D eigenvalue weighted by Gasteiger charge is -2.02. The molecule has 5 heteroatoms. The van der Waals surface area contributed by atoms with Crippen LogP contribution in [0.3, 0.4) is 0 Å². The second-order valence-electron chi connectivity index (χ2n) is 2.83. The molecule has 0 bridgehead atoms. The summed E-state index contributed by atoms with van der Waals surface area (Å²) < 4.78 is 12.5. The monoisotopic (exact) mass is 197 g/mol. The minimum absolute atomic E-state index is 0.149. The van der Waals surface area contributed by atoms with Crippen LogP contribution in [0.2, 0.25) is 0 Å². The van der Waals surface area contributed by atoms with Crippen molar-refractivity contribution in [3.05, 3.63) is 45.8 Å². The van der Waals surface area contributed by atoms with Crippen LogP contribution >= 0.6 is 0 Å². The predicted octanol–water partition coefficient (Wildman–Crippen LogP) is 1.67. The Labute approximate surface area is 79.5 Å². The SMILES string of the molecule is CC(C(=O)c1ccc(F)cc1)[N+](=O)[O-]. The average Bonchev–Trinajstić information content (AvgIpc) is 2.16. The molecular weight excluding hydrogens is 189 g/mol. The minimum Gasteiger partial charge on any atom is -0.286 e. The zero-order valence-corrected chi connectivity index (χ0v) is 7.44. The summed E-state index contributed by atoms with van der Waals surface area (Å²) in [5.74, 6) is -1.09. The molecule has 1 aromatic carbocycles. The van der Waals surface area contributed by atoms with Crippen molar-refractivity contribution in [3.8, 4) is 0 Å². The molecule has 0 amide bonds. The van der Waals surface area contributed by atoms with Crippen LogP contribution in [0.5, 0.6) is 0 Å². The molecule has 0 aliphatic carbocycles. The molecule has 0 saturated carbocycles. The number of ketones is 1. The lowest BCUT2D eigenvalue weighted by molar-refractivity contribution is -0.500. The molecule has 1 aromatic rings. The Morgan fingerprint density at radius 2 is 1.93 bits per heavy atom. The predicted molar refractivity (Wildman–Crippen MR) is 47.2 cm³/mol. The third-order valence-corrected chi connectivity index (χ3v) is 1.82. The van der Waals surface area contributed by atoms with Crippen molar-refractivity contribution in [1.82, 2.24) is 0 Å². The van der Waals surface area contributed by atoms with Crippen LogP contribution in [-0.2, 0) is 0 Å². The van der Waals surface area contributed by atoms with Gasteiger partial charge in [0, 0.05) is 17.4 Å². The van der Waals surface area contributed by atoms with Crippen molar-refractivity contribution in [2.24, 2.45) is 0 Å². The maximum Gasteiger partial charge on any atom is 0.272 e. The number of carbonyl (C=O) groups excluding carboxylic acids is 1. The van der Waals surface area contributed by atoms with E-state index in [9.17, 15) is 19.3 Å². The minimum atomic E-state index is -1.29. The van der Waals surface area contributed by atoms with Crippen LogP contribution in [0.4, 0.5) is 4.39 Å².